The van der Waals surface area contributed by atoms with Gasteiger partial charge in [0.15, 0.2) is 0 Å². The number of para-hydroxylation sites is 1. The first-order valence-electron chi connectivity index (χ1n) is 12.9. The van der Waals surface area contributed by atoms with Crippen molar-refractivity contribution in [1.29, 1.82) is 5.26 Å². The largest absolute Gasteiger partial charge is 0.362 e. The number of hydrogen-bond acceptors (Lipinski definition) is 2. The van der Waals surface area contributed by atoms with Crippen LogP contribution in [0.4, 0.5) is 5.69 Å². The molecule has 0 radical (unpaired) electrons. The molecule has 0 heterocycles. The molecule has 2 nitrogen and oxygen atoms in total. The summed E-state index contributed by atoms with van der Waals surface area (Å²) in [5.74, 6) is 0. The molecular formula is C34H32Cl2N2P2Pd. The van der Waals surface area contributed by atoms with Gasteiger partial charge in [0, 0.05) is 25.2 Å². The number of hydrogen-bond donors (Lipinski definition) is 0. The molecule has 0 aromatic heterocycles. The minimum atomic E-state index is -0.546. The third kappa shape index (κ3) is 11.0. The van der Waals surface area contributed by atoms with Crippen molar-refractivity contribution in [2.45, 2.75) is 6.92 Å². The van der Waals surface area contributed by atoms with Gasteiger partial charge in [-0.05, 0) is 49.2 Å². The third-order valence-electron chi connectivity index (χ3n) is 6.02. The molecule has 0 unspecified atom stereocenters. The molecule has 0 saturated heterocycles. The Kier molecular flexibility index (Phi) is 15.8. The van der Waals surface area contributed by atoms with Crippen LogP contribution in [0.3, 0.4) is 0 Å². The molecule has 0 N–H and O–H groups in total. The second-order valence-corrected chi connectivity index (χ2v) is 15.3. The van der Waals surface area contributed by atoms with E-state index in [4.69, 9.17) is 24.3 Å². The van der Waals surface area contributed by atoms with Crippen LogP contribution in [0.1, 0.15) is 6.92 Å². The van der Waals surface area contributed by atoms with Gasteiger partial charge >= 0.3 is 35.0 Å². The van der Waals surface area contributed by atoms with E-state index in [1.807, 2.05) is 0 Å². The average molecular weight is 708 g/mol. The van der Waals surface area contributed by atoms with E-state index in [1.165, 1.54) is 33.8 Å². The van der Waals surface area contributed by atoms with Crippen LogP contribution in [0.25, 0.3) is 0 Å². The molecule has 0 fully saturated rings. The third-order valence-corrected chi connectivity index (χ3v) is 11.0. The van der Waals surface area contributed by atoms with Crippen molar-refractivity contribution >= 4 is 61.8 Å². The van der Waals surface area contributed by atoms with Gasteiger partial charge < -0.3 is 4.90 Å². The zero-order valence-corrected chi connectivity index (χ0v) is 27.6. The standard InChI is InChI=1S/C32H29NP2.C2H3N.2ClH.Pd/c1-6-16-28(17-7-1)33(26-34(29-18-8-2-9-19-29)30-20-10-3-11-21-30)27-35(31-22-12-4-13-23-31)32-24-14-5-15-25-32;1-2-3;;;/h1-25H,26-27H2;1H3;2*1H;/q;;;;+2/p-2. The molecule has 5 aromatic carbocycles. The van der Waals surface area contributed by atoms with Crippen molar-refractivity contribution in [1.82, 2.24) is 0 Å². The zero-order chi connectivity index (χ0) is 29.1. The minimum Gasteiger partial charge on any atom is -0.362 e. The Bertz CT molecular complexity index is 1240. The molecule has 0 saturated carbocycles. The second-order valence-electron chi connectivity index (χ2n) is 8.63. The maximum atomic E-state index is 7.32. The Morgan fingerprint density at radius 1 is 0.537 bits per heavy atom. The molecule has 212 valence electrons. The molecule has 7 heteroatoms. The Hall–Kier alpha value is -2.51. The summed E-state index contributed by atoms with van der Waals surface area (Å²) in [5, 5.41) is 13.0. The van der Waals surface area contributed by atoms with Crippen molar-refractivity contribution in [3.63, 3.8) is 0 Å². The first kappa shape index (κ1) is 33.0. The zero-order valence-electron chi connectivity index (χ0n) is 22.7. The van der Waals surface area contributed by atoms with Crippen LogP contribution in [-0.4, -0.2) is 12.6 Å². The molecule has 0 bridgehead atoms. The van der Waals surface area contributed by atoms with E-state index in [0.29, 0.717) is 0 Å². The van der Waals surface area contributed by atoms with E-state index >= 15 is 0 Å². The fourth-order valence-corrected chi connectivity index (χ4v) is 8.99. The van der Waals surface area contributed by atoms with Crippen LogP contribution < -0.4 is 26.1 Å². The van der Waals surface area contributed by atoms with Gasteiger partial charge in [0.05, 0.1) is 6.07 Å². The van der Waals surface area contributed by atoms with E-state index in [9.17, 15) is 0 Å². The van der Waals surface area contributed by atoms with Gasteiger partial charge in [0.1, 0.15) is 0 Å². The fraction of sp³-hybridized carbons (Fsp3) is 0.0882. The van der Waals surface area contributed by atoms with Crippen molar-refractivity contribution in [3.8, 4) is 6.07 Å². The maximum absolute atomic E-state index is 7.32. The minimum absolute atomic E-state index is 0.106. The normalized spacial score (nSPS) is 10.1. The summed E-state index contributed by atoms with van der Waals surface area (Å²) >= 11 is -0.106. The number of anilines is 1. The summed E-state index contributed by atoms with van der Waals surface area (Å²) in [6, 6.07) is 56.8. The molecule has 41 heavy (non-hydrogen) atoms. The van der Waals surface area contributed by atoms with Crippen LogP contribution in [0.2, 0.25) is 0 Å². The molecule has 5 aromatic rings. The van der Waals surface area contributed by atoms with E-state index in [0.717, 1.165) is 12.6 Å². The Labute approximate surface area is 263 Å². The van der Waals surface area contributed by atoms with Crippen molar-refractivity contribution in [2.24, 2.45) is 0 Å². The van der Waals surface area contributed by atoms with Gasteiger partial charge in [-0.3, -0.25) is 0 Å². The number of halogens is 2. The van der Waals surface area contributed by atoms with Gasteiger partial charge in [-0.25, -0.2) is 0 Å². The number of nitriles is 1. The van der Waals surface area contributed by atoms with Gasteiger partial charge in [-0.2, -0.15) is 5.26 Å². The molecular weight excluding hydrogens is 676 g/mol. The van der Waals surface area contributed by atoms with Crippen LogP contribution in [-0.2, 0) is 15.9 Å². The maximum Gasteiger partial charge on any atom is 0.0463 e. The van der Waals surface area contributed by atoms with Crippen LogP contribution in [0, 0.1) is 11.3 Å². The molecule has 0 amide bonds. The molecule has 0 atom stereocenters. The first-order chi connectivity index (χ1) is 20.2. The summed E-state index contributed by atoms with van der Waals surface area (Å²) < 4.78 is 0. The molecule has 0 aliphatic rings. The first-order valence-corrected chi connectivity index (χ1v) is 20.0. The van der Waals surface area contributed by atoms with E-state index in [2.05, 4.69) is 157 Å². The van der Waals surface area contributed by atoms with Crippen LogP contribution in [0.15, 0.2) is 152 Å². The summed E-state index contributed by atoms with van der Waals surface area (Å²) in [6.07, 6.45) is 1.96. The summed E-state index contributed by atoms with van der Waals surface area (Å²) in [7, 11) is 8.54. The van der Waals surface area contributed by atoms with Crippen molar-refractivity contribution < 1.29 is 15.9 Å². The average Bonchev–Trinajstić information content (AvgIpc) is 3.04. The molecule has 0 aliphatic heterocycles. The Balaban J connectivity index is 0.000000710. The summed E-state index contributed by atoms with van der Waals surface area (Å²) in [5.41, 5.74) is 1.28. The number of benzene rings is 5. The van der Waals surface area contributed by atoms with Crippen molar-refractivity contribution in [3.05, 3.63) is 152 Å². The van der Waals surface area contributed by atoms with E-state index in [1.54, 1.807) is 6.07 Å². The van der Waals surface area contributed by atoms with Gasteiger partial charge in [-0.15, -0.1) is 0 Å². The summed E-state index contributed by atoms with van der Waals surface area (Å²) in [4.78, 5) is 2.62. The number of nitrogens with zero attached hydrogens (tertiary/aromatic N) is 2. The number of rotatable bonds is 9. The van der Waals surface area contributed by atoms with Gasteiger partial charge in [-0.1, -0.05) is 140 Å². The molecule has 0 spiro atoms. The van der Waals surface area contributed by atoms with E-state index < -0.39 is 15.8 Å². The van der Waals surface area contributed by atoms with E-state index in [-0.39, 0.29) is 15.9 Å². The second kappa shape index (κ2) is 19.6. The Morgan fingerprint density at radius 3 is 1.00 bits per heavy atom. The summed E-state index contributed by atoms with van der Waals surface area (Å²) in [6.45, 7) is 1.43. The monoisotopic (exact) mass is 706 g/mol. The topological polar surface area (TPSA) is 27.0 Å². The smallest absolute Gasteiger partial charge is 0.0463 e. The van der Waals surface area contributed by atoms with Crippen LogP contribution in [0.5, 0.6) is 0 Å². The molecule has 0 aliphatic carbocycles. The van der Waals surface area contributed by atoms with Gasteiger partial charge in [0.25, 0.3) is 0 Å². The SMILES string of the molecule is CC#N.[Cl][Pd][Cl].c1ccc(N(CP(c2ccccc2)c2ccccc2)CP(c2ccccc2)c2ccccc2)cc1. The predicted octanol–water partition coefficient (Wildman–Crippen LogP) is 8.58. The fourth-order valence-electron chi connectivity index (χ4n) is 4.24. The quantitative estimate of drug-likeness (QED) is 0.113. The van der Waals surface area contributed by atoms with Crippen molar-refractivity contribution in [2.75, 3.05) is 17.5 Å². The van der Waals surface area contributed by atoms with Gasteiger partial charge in [0.2, 0.25) is 0 Å². The Morgan fingerprint density at radius 2 is 0.756 bits per heavy atom. The predicted molar refractivity (Wildman–Crippen MR) is 180 cm³/mol. The molecule has 5 rings (SSSR count). The van der Waals surface area contributed by atoms with Crippen LogP contribution >= 0.6 is 34.9 Å².